The second-order valence-electron chi connectivity index (χ2n) is 9.70. The van der Waals surface area contributed by atoms with Crippen LogP contribution in [-0.2, 0) is 16.1 Å². The van der Waals surface area contributed by atoms with E-state index in [1.807, 2.05) is 59.5 Å². The van der Waals surface area contributed by atoms with E-state index in [1.54, 1.807) is 14.0 Å². The lowest BCUT2D eigenvalue weighted by Gasteiger charge is -2.39. The lowest BCUT2D eigenvalue weighted by Crippen LogP contribution is -2.51. The lowest BCUT2D eigenvalue weighted by molar-refractivity contribution is -0.133. The molecule has 198 valence electrons. The molecule has 0 saturated carbocycles. The zero-order valence-electron chi connectivity index (χ0n) is 22.2. The Kier molecular flexibility index (Phi) is 8.92. The molecule has 3 aromatic carbocycles. The third kappa shape index (κ3) is 6.66. The van der Waals surface area contributed by atoms with Gasteiger partial charge >= 0.3 is 0 Å². The first-order valence-electron chi connectivity index (χ1n) is 12.9. The van der Waals surface area contributed by atoms with Crippen molar-refractivity contribution < 1.29 is 19.1 Å². The summed E-state index contributed by atoms with van der Waals surface area (Å²) in [5, 5.41) is 6.36. The van der Waals surface area contributed by atoms with Gasteiger partial charge in [0.15, 0.2) is 5.78 Å². The molecule has 38 heavy (non-hydrogen) atoms. The molecule has 0 radical (unpaired) electrons. The Morgan fingerprint density at radius 1 is 0.947 bits per heavy atom. The molecule has 0 unspecified atom stereocenters. The van der Waals surface area contributed by atoms with Crippen LogP contribution in [0.25, 0.3) is 11.1 Å². The van der Waals surface area contributed by atoms with E-state index >= 15 is 0 Å². The molecule has 0 aliphatic carbocycles. The summed E-state index contributed by atoms with van der Waals surface area (Å²) in [7, 11) is 1.67. The van der Waals surface area contributed by atoms with Crippen molar-refractivity contribution in [2.45, 2.75) is 38.8 Å². The number of rotatable bonds is 9. The van der Waals surface area contributed by atoms with Crippen LogP contribution in [0.4, 0.5) is 0 Å². The van der Waals surface area contributed by atoms with E-state index in [0.29, 0.717) is 25.2 Å². The van der Waals surface area contributed by atoms with Crippen molar-refractivity contribution >= 4 is 17.6 Å². The maximum atomic E-state index is 12.7. The van der Waals surface area contributed by atoms with Gasteiger partial charge in [-0.15, -0.1) is 0 Å². The van der Waals surface area contributed by atoms with Crippen LogP contribution in [0.5, 0.6) is 5.75 Å². The molecule has 1 heterocycles. The molecule has 0 bridgehead atoms. The number of nitrogens with zero attached hydrogens (tertiary/aromatic N) is 1. The molecule has 1 aliphatic heterocycles. The lowest BCUT2D eigenvalue weighted by atomic mass is 9.85. The van der Waals surface area contributed by atoms with Gasteiger partial charge in [-0.05, 0) is 42.2 Å². The third-order valence-corrected chi connectivity index (χ3v) is 7.14. The highest BCUT2D eigenvalue weighted by Crippen LogP contribution is 2.30. The zero-order valence-corrected chi connectivity index (χ0v) is 22.2. The Balaban J connectivity index is 1.51. The van der Waals surface area contributed by atoms with E-state index in [4.69, 9.17) is 4.74 Å². The zero-order chi connectivity index (χ0) is 27.1. The fraction of sp³-hybridized carbons (Fsp3) is 0.323. The molecule has 2 N–H and O–H groups in total. The minimum absolute atomic E-state index is 0.0202. The van der Waals surface area contributed by atoms with Gasteiger partial charge in [0, 0.05) is 49.6 Å². The number of methoxy groups -OCH3 is 1. The summed E-state index contributed by atoms with van der Waals surface area (Å²) in [5.41, 5.74) is 4.99. The predicted octanol–water partition coefficient (Wildman–Crippen LogP) is 4.18. The van der Waals surface area contributed by atoms with Crippen LogP contribution < -0.4 is 15.4 Å². The second kappa shape index (κ2) is 12.5. The predicted molar refractivity (Wildman–Crippen MR) is 148 cm³/mol. The molecular formula is C31H35N3O4. The van der Waals surface area contributed by atoms with Gasteiger partial charge in [0.05, 0.1) is 13.7 Å². The summed E-state index contributed by atoms with van der Waals surface area (Å²) in [4.78, 5) is 37.5. The molecule has 1 aliphatic rings. The maximum Gasteiger partial charge on any atom is 0.241 e. The van der Waals surface area contributed by atoms with Crippen molar-refractivity contribution in [1.29, 1.82) is 0 Å². The molecular weight excluding hydrogens is 478 g/mol. The first-order chi connectivity index (χ1) is 18.4. The number of benzene rings is 3. The number of carbonyl (C=O) groups excluding carboxylic acids is 3. The molecule has 0 spiro atoms. The van der Waals surface area contributed by atoms with Gasteiger partial charge < -0.3 is 20.3 Å². The Morgan fingerprint density at radius 3 is 2.32 bits per heavy atom. The number of ether oxygens (including phenoxy) is 1. The molecule has 0 aromatic heterocycles. The number of Topliss-reactive ketones (excluding diaryl/α,β-unsaturated/α-hetero) is 1. The second-order valence-corrected chi connectivity index (χ2v) is 9.70. The van der Waals surface area contributed by atoms with Gasteiger partial charge in [-0.25, -0.2) is 0 Å². The third-order valence-electron chi connectivity index (χ3n) is 7.14. The number of nitrogens with one attached hydrogen (secondary N) is 2. The highest BCUT2D eigenvalue weighted by Gasteiger charge is 2.32. The minimum atomic E-state index is -0.208. The molecule has 1 saturated heterocycles. The van der Waals surface area contributed by atoms with E-state index in [2.05, 4.69) is 28.8 Å². The summed E-state index contributed by atoms with van der Waals surface area (Å²) in [6, 6.07) is 24.2. The molecule has 4 rings (SSSR count). The van der Waals surface area contributed by atoms with E-state index in [0.717, 1.165) is 28.9 Å². The number of carbonyl (C=O) groups is 3. The fourth-order valence-electron chi connectivity index (χ4n) is 5.01. The van der Waals surface area contributed by atoms with Gasteiger partial charge in [0.2, 0.25) is 11.8 Å². The van der Waals surface area contributed by atoms with Crippen LogP contribution in [0, 0.1) is 0 Å². The Morgan fingerprint density at radius 2 is 1.66 bits per heavy atom. The summed E-state index contributed by atoms with van der Waals surface area (Å²) in [5.74, 6) is 0.692. The van der Waals surface area contributed by atoms with E-state index in [1.165, 1.54) is 12.5 Å². The number of hydrogen-bond donors (Lipinski definition) is 2. The average molecular weight is 514 g/mol. The van der Waals surface area contributed by atoms with Crippen molar-refractivity contribution in [1.82, 2.24) is 15.5 Å². The Labute approximate surface area is 224 Å². The topological polar surface area (TPSA) is 87.7 Å². The number of hydrogen-bond acceptors (Lipinski definition) is 5. The summed E-state index contributed by atoms with van der Waals surface area (Å²) < 4.78 is 5.66. The van der Waals surface area contributed by atoms with Crippen molar-refractivity contribution in [3.63, 3.8) is 0 Å². The van der Waals surface area contributed by atoms with Crippen molar-refractivity contribution in [3.05, 3.63) is 89.5 Å². The monoisotopic (exact) mass is 513 g/mol. The quantitative estimate of drug-likeness (QED) is 0.419. The highest BCUT2D eigenvalue weighted by atomic mass is 16.5. The smallest absolute Gasteiger partial charge is 0.241 e. The van der Waals surface area contributed by atoms with Crippen LogP contribution in [0.1, 0.15) is 47.7 Å². The minimum Gasteiger partial charge on any atom is -0.496 e. The molecule has 2 amide bonds. The van der Waals surface area contributed by atoms with E-state index in [-0.39, 0.29) is 36.1 Å². The van der Waals surface area contributed by atoms with Crippen molar-refractivity contribution in [2.24, 2.45) is 0 Å². The van der Waals surface area contributed by atoms with E-state index < -0.39 is 0 Å². The molecule has 1 fully saturated rings. The molecule has 7 nitrogen and oxygen atoms in total. The van der Waals surface area contributed by atoms with Crippen LogP contribution in [0.2, 0.25) is 0 Å². The molecule has 7 heteroatoms. The van der Waals surface area contributed by atoms with E-state index in [9.17, 15) is 14.4 Å². The number of ketones is 1. The van der Waals surface area contributed by atoms with Crippen LogP contribution in [0.15, 0.2) is 72.8 Å². The van der Waals surface area contributed by atoms with Gasteiger partial charge in [-0.2, -0.15) is 0 Å². The fourth-order valence-corrected chi connectivity index (χ4v) is 5.01. The summed E-state index contributed by atoms with van der Waals surface area (Å²) in [6.07, 6.45) is 0.792. The normalized spacial score (nSPS) is 17.1. The van der Waals surface area contributed by atoms with Crippen molar-refractivity contribution in [3.8, 4) is 16.9 Å². The number of piperidine rings is 1. The first kappa shape index (κ1) is 27.1. The van der Waals surface area contributed by atoms with Gasteiger partial charge in [0.1, 0.15) is 5.75 Å². The van der Waals surface area contributed by atoms with Crippen LogP contribution in [0.3, 0.4) is 0 Å². The summed E-state index contributed by atoms with van der Waals surface area (Å²) in [6.45, 7) is 4.82. The average Bonchev–Trinajstić information content (AvgIpc) is 2.95. The molecule has 2 atom stereocenters. The highest BCUT2D eigenvalue weighted by molar-refractivity contribution is 5.94. The standard InChI is InChI=1S/C31H35N3O4/c1-21(35)23-9-11-24(12-10-23)26-13-14-30(38-3)27(17-26)18-33-29-15-16-34(31(37)19-32-22(2)36)20-28(29)25-7-5-4-6-8-25/h4-14,17,28-29,33H,15-16,18-20H2,1-3H3,(H,32,36)/t28-,29-/m0/s1. The largest absolute Gasteiger partial charge is 0.496 e. The maximum absolute atomic E-state index is 12.7. The SMILES string of the molecule is COc1ccc(-c2ccc(C(C)=O)cc2)cc1CN[C@H]1CCN(C(=O)CNC(C)=O)C[C@H]1c1ccccc1. The van der Waals surface area contributed by atoms with Gasteiger partial charge in [-0.1, -0.05) is 60.7 Å². The van der Waals surface area contributed by atoms with Gasteiger partial charge in [0.25, 0.3) is 0 Å². The van der Waals surface area contributed by atoms with Gasteiger partial charge in [-0.3, -0.25) is 14.4 Å². The first-order valence-corrected chi connectivity index (χ1v) is 12.9. The Bertz CT molecular complexity index is 1270. The van der Waals surface area contributed by atoms with Crippen LogP contribution >= 0.6 is 0 Å². The van der Waals surface area contributed by atoms with Crippen LogP contribution in [-0.4, -0.2) is 55.3 Å². The Hall–Kier alpha value is -3.97. The number of likely N-dealkylation sites (tertiary alicyclic amines) is 1. The number of amides is 2. The van der Waals surface area contributed by atoms with Crippen molar-refractivity contribution in [2.75, 3.05) is 26.7 Å². The molecule has 3 aromatic rings. The summed E-state index contributed by atoms with van der Waals surface area (Å²) >= 11 is 0.